The van der Waals surface area contributed by atoms with Crippen molar-refractivity contribution in [1.29, 1.82) is 5.26 Å². The average Bonchev–Trinajstić information content (AvgIpc) is 2.90. The third kappa shape index (κ3) is 1.28. The highest BCUT2D eigenvalue weighted by atomic mass is 14.6. The number of hydrogen-bond acceptors (Lipinski definition) is 1. The van der Waals surface area contributed by atoms with Gasteiger partial charge in [0.15, 0.2) is 0 Å². The van der Waals surface area contributed by atoms with Gasteiger partial charge in [-0.3, -0.25) is 0 Å². The van der Waals surface area contributed by atoms with Crippen molar-refractivity contribution in [3.8, 4) is 6.07 Å². The summed E-state index contributed by atoms with van der Waals surface area (Å²) in [5, 5.41) is 8.91. The molecule has 0 aliphatic heterocycles. The van der Waals surface area contributed by atoms with Gasteiger partial charge >= 0.3 is 0 Å². The molecule has 3 aliphatic carbocycles. The minimum absolute atomic E-state index is 0.759. The SMILES string of the molecule is CCC1CC(C)C2C3CC(CC3CC#N)C12. The van der Waals surface area contributed by atoms with E-state index in [4.69, 9.17) is 5.26 Å². The molecule has 1 heteroatoms. The van der Waals surface area contributed by atoms with E-state index < -0.39 is 0 Å². The second kappa shape index (κ2) is 3.76. The van der Waals surface area contributed by atoms with Crippen LogP contribution in [-0.2, 0) is 0 Å². The summed E-state index contributed by atoms with van der Waals surface area (Å²) in [5.74, 6) is 6.64. The van der Waals surface area contributed by atoms with E-state index in [-0.39, 0.29) is 0 Å². The Labute approximate surface area is 99.2 Å². The summed E-state index contributed by atoms with van der Waals surface area (Å²) >= 11 is 0. The second-order valence-corrected chi connectivity index (χ2v) is 6.55. The summed E-state index contributed by atoms with van der Waals surface area (Å²) in [6.07, 6.45) is 6.52. The van der Waals surface area contributed by atoms with Crippen LogP contribution in [0.4, 0.5) is 0 Å². The standard InChI is InChI=1S/C15H23N/c1-3-10-6-9(2)14-13-8-12(15(10)14)7-11(13)4-5-16/h9-15H,3-4,6-8H2,1-2H3. The molecule has 0 spiro atoms. The fourth-order valence-electron chi connectivity index (χ4n) is 5.67. The van der Waals surface area contributed by atoms with Gasteiger partial charge in [0.1, 0.15) is 0 Å². The van der Waals surface area contributed by atoms with Crippen molar-refractivity contribution in [3.05, 3.63) is 0 Å². The Hall–Kier alpha value is -0.510. The van der Waals surface area contributed by atoms with E-state index in [1.54, 1.807) is 0 Å². The lowest BCUT2D eigenvalue weighted by Gasteiger charge is -2.34. The van der Waals surface area contributed by atoms with Gasteiger partial charge in [0.25, 0.3) is 0 Å². The molecule has 0 radical (unpaired) electrons. The van der Waals surface area contributed by atoms with Gasteiger partial charge in [0, 0.05) is 6.42 Å². The van der Waals surface area contributed by atoms with Gasteiger partial charge < -0.3 is 0 Å². The quantitative estimate of drug-likeness (QED) is 0.689. The van der Waals surface area contributed by atoms with Crippen LogP contribution < -0.4 is 0 Å². The zero-order valence-electron chi connectivity index (χ0n) is 10.5. The normalized spacial score (nSPS) is 53.9. The third-order valence-electron chi connectivity index (χ3n) is 6.02. The monoisotopic (exact) mass is 217 g/mol. The van der Waals surface area contributed by atoms with Gasteiger partial charge in [-0.05, 0) is 60.7 Å². The predicted molar refractivity (Wildman–Crippen MR) is 64.5 cm³/mol. The van der Waals surface area contributed by atoms with Crippen LogP contribution in [0.1, 0.15) is 46.0 Å². The number of hydrogen-bond donors (Lipinski definition) is 0. The Morgan fingerprint density at radius 3 is 2.62 bits per heavy atom. The smallest absolute Gasteiger partial charge is 0.0624 e. The van der Waals surface area contributed by atoms with Crippen molar-refractivity contribution in [2.75, 3.05) is 0 Å². The maximum absolute atomic E-state index is 8.91. The fraction of sp³-hybridized carbons (Fsp3) is 0.933. The molecule has 0 amide bonds. The lowest BCUT2D eigenvalue weighted by atomic mass is 9.70. The summed E-state index contributed by atoms with van der Waals surface area (Å²) < 4.78 is 0. The van der Waals surface area contributed by atoms with E-state index in [9.17, 15) is 0 Å². The fourth-order valence-corrected chi connectivity index (χ4v) is 5.67. The number of fused-ring (bicyclic) bond motifs is 5. The molecular formula is C15H23N. The molecule has 88 valence electrons. The van der Waals surface area contributed by atoms with Gasteiger partial charge in [-0.2, -0.15) is 5.26 Å². The number of nitrogens with zero attached hydrogens (tertiary/aromatic N) is 1. The lowest BCUT2D eigenvalue weighted by Crippen LogP contribution is -2.29. The first-order valence-corrected chi connectivity index (χ1v) is 7.13. The van der Waals surface area contributed by atoms with E-state index >= 15 is 0 Å². The predicted octanol–water partition coefficient (Wildman–Crippen LogP) is 3.85. The van der Waals surface area contributed by atoms with Crippen LogP contribution in [0.15, 0.2) is 0 Å². The van der Waals surface area contributed by atoms with Crippen LogP contribution in [0.25, 0.3) is 0 Å². The number of nitriles is 1. The molecule has 3 aliphatic rings. The molecule has 7 unspecified atom stereocenters. The van der Waals surface area contributed by atoms with Crippen LogP contribution in [0.5, 0.6) is 0 Å². The van der Waals surface area contributed by atoms with Crippen LogP contribution in [0, 0.1) is 52.8 Å². The molecule has 0 N–H and O–H groups in total. The van der Waals surface area contributed by atoms with Gasteiger partial charge in [-0.1, -0.05) is 20.3 Å². The molecule has 1 nitrogen and oxygen atoms in total. The Morgan fingerprint density at radius 2 is 1.94 bits per heavy atom. The highest BCUT2D eigenvalue weighted by Crippen LogP contribution is 2.65. The summed E-state index contributed by atoms with van der Waals surface area (Å²) in [6, 6.07) is 2.41. The topological polar surface area (TPSA) is 23.8 Å². The first-order valence-electron chi connectivity index (χ1n) is 7.13. The van der Waals surface area contributed by atoms with E-state index in [1.165, 1.54) is 25.7 Å². The van der Waals surface area contributed by atoms with Crippen molar-refractivity contribution in [2.45, 2.75) is 46.0 Å². The van der Waals surface area contributed by atoms with Gasteiger partial charge in [0.2, 0.25) is 0 Å². The molecule has 2 bridgehead atoms. The highest BCUT2D eigenvalue weighted by molar-refractivity contribution is 5.08. The molecule has 0 aromatic rings. The Kier molecular flexibility index (Phi) is 2.50. The highest BCUT2D eigenvalue weighted by Gasteiger charge is 2.58. The van der Waals surface area contributed by atoms with Crippen LogP contribution in [0.3, 0.4) is 0 Å². The summed E-state index contributed by atoms with van der Waals surface area (Å²) in [7, 11) is 0. The van der Waals surface area contributed by atoms with E-state index in [0.29, 0.717) is 0 Å². The van der Waals surface area contributed by atoms with Crippen molar-refractivity contribution in [3.63, 3.8) is 0 Å². The average molecular weight is 217 g/mol. The van der Waals surface area contributed by atoms with Crippen molar-refractivity contribution in [1.82, 2.24) is 0 Å². The maximum Gasteiger partial charge on any atom is 0.0624 e. The first-order chi connectivity index (χ1) is 7.76. The lowest BCUT2D eigenvalue weighted by molar-refractivity contribution is 0.141. The van der Waals surface area contributed by atoms with E-state index in [0.717, 1.165) is 47.8 Å². The van der Waals surface area contributed by atoms with Gasteiger partial charge in [-0.25, -0.2) is 0 Å². The van der Waals surface area contributed by atoms with Crippen molar-refractivity contribution < 1.29 is 0 Å². The number of rotatable bonds is 2. The van der Waals surface area contributed by atoms with E-state index in [1.807, 2.05) is 0 Å². The maximum atomic E-state index is 8.91. The second-order valence-electron chi connectivity index (χ2n) is 6.55. The van der Waals surface area contributed by atoms with Gasteiger partial charge in [-0.15, -0.1) is 0 Å². The Bertz CT molecular complexity index is 316. The molecule has 7 atom stereocenters. The molecule has 3 fully saturated rings. The molecule has 16 heavy (non-hydrogen) atoms. The Morgan fingerprint density at radius 1 is 1.12 bits per heavy atom. The molecule has 0 heterocycles. The summed E-state index contributed by atoms with van der Waals surface area (Å²) in [6.45, 7) is 4.84. The zero-order valence-corrected chi connectivity index (χ0v) is 10.5. The largest absolute Gasteiger partial charge is 0.198 e. The molecule has 0 aromatic carbocycles. The molecule has 3 rings (SSSR count). The minimum Gasteiger partial charge on any atom is -0.198 e. The third-order valence-corrected chi connectivity index (χ3v) is 6.02. The Balaban J connectivity index is 1.81. The van der Waals surface area contributed by atoms with Crippen LogP contribution in [0.2, 0.25) is 0 Å². The molecular weight excluding hydrogens is 194 g/mol. The minimum atomic E-state index is 0.759. The summed E-state index contributed by atoms with van der Waals surface area (Å²) in [4.78, 5) is 0. The molecule has 0 saturated heterocycles. The first kappa shape index (κ1) is 10.6. The zero-order chi connectivity index (χ0) is 11.3. The molecule has 0 aromatic heterocycles. The molecule has 3 saturated carbocycles. The van der Waals surface area contributed by atoms with E-state index in [2.05, 4.69) is 19.9 Å². The van der Waals surface area contributed by atoms with Gasteiger partial charge in [0.05, 0.1) is 6.07 Å². The van der Waals surface area contributed by atoms with Crippen molar-refractivity contribution >= 4 is 0 Å². The van der Waals surface area contributed by atoms with Crippen molar-refractivity contribution in [2.24, 2.45) is 41.4 Å². The van der Waals surface area contributed by atoms with Crippen LogP contribution in [-0.4, -0.2) is 0 Å². The summed E-state index contributed by atoms with van der Waals surface area (Å²) in [5.41, 5.74) is 0. The van der Waals surface area contributed by atoms with Crippen LogP contribution >= 0.6 is 0 Å².